The number of carbonyl (C=O) groups is 1. The van der Waals surface area contributed by atoms with Crippen LogP contribution in [0.5, 0.6) is 0 Å². The Morgan fingerprint density at radius 1 is 1.40 bits per heavy atom. The summed E-state index contributed by atoms with van der Waals surface area (Å²) in [6, 6.07) is 7.71. The molecule has 0 aliphatic rings. The molecular weight excluding hydrogens is 259 g/mol. The number of hydrogen-bond donors (Lipinski definition) is 1. The molecule has 0 unspecified atom stereocenters. The molecule has 0 aliphatic carbocycles. The molecule has 2 rings (SSSR count). The quantitative estimate of drug-likeness (QED) is 0.682. The lowest BCUT2D eigenvalue weighted by molar-refractivity contribution is -0.121. The molecule has 1 N–H and O–H groups in total. The first-order chi connectivity index (χ1) is 9.54. The van der Waals surface area contributed by atoms with E-state index in [0.717, 1.165) is 11.4 Å². The second-order valence-electron chi connectivity index (χ2n) is 4.43. The minimum atomic E-state index is -0.310. The Hall–Kier alpha value is -2.50. The number of nitrogens with zero attached hydrogens (tertiary/aromatic N) is 3. The van der Waals surface area contributed by atoms with E-state index in [9.17, 15) is 9.18 Å². The molecule has 0 bridgehead atoms. The molecule has 1 heterocycles. The summed E-state index contributed by atoms with van der Waals surface area (Å²) in [5.41, 5.74) is 4.90. The molecule has 104 valence electrons. The van der Waals surface area contributed by atoms with Crippen molar-refractivity contribution in [3.05, 3.63) is 53.1 Å². The van der Waals surface area contributed by atoms with Crippen LogP contribution in [0.15, 0.2) is 35.4 Å². The van der Waals surface area contributed by atoms with Crippen LogP contribution >= 0.6 is 0 Å². The van der Waals surface area contributed by atoms with E-state index in [1.807, 2.05) is 19.9 Å². The summed E-state index contributed by atoms with van der Waals surface area (Å²) in [7, 11) is 0. The summed E-state index contributed by atoms with van der Waals surface area (Å²) >= 11 is 0. The number of halogens is 1. The van der Waals surface area contributed by atoms with Crippen molar-refractivity contribution >= 4 is 12.1 Å². The summed E-state index contributed by atoms with van der Waals surface area (Å²) in [6.07, 6.45) is 1.46. The zero-order valence-corrected chi connectivity index (χ0v) is 11.3. The van der Waals surface area contributed by atoms with Gasteiger partial charge in [-0.25, -0.2) is 9.82 Å². The van der Waals surface area contributed by atoms with Gasteiger partial charge in [0.15, 0.2) is 0 Å². The van der Waals surface area contributed by atoms with E-state index in [4.69, 9.17) is 0 Å². The van der Waals surface area contributed by atoms with Gasteiger partial charge in [0.2, 0.25) is 0 Å². The van der Waals surface area contributed by atoms with Crippen molar-refractivity contribution in [2.45, 2.75) is 20.4 Å². The Labute approximate surface area is 116 Å². The van der Waals surface area contributed by atoms with Crippen LogP contribution in [0.4, 0.5) is 4.39 Å². The average molecular weight is 274 g/mol. The van der Waals surface area contributed by atoms with Crippen LogP contribution in [0.3, 0.4) is 0 Å². The standard InChI is InChI=1S/C14H15FN4O/c1-10-7-11(2)19(18-10)9-14(20)17-16-8-12-3-5-13(15)6-4-12/h3-8H,9H2,1-2H3,(H,17,20). The fourth-order valence-electron chi connectivity index (χ4n) is 1.73. The van der Waals surface area contributed by atoms with Crippen molar-refractivity contribution in [2.24, 2.45) is 5.10 Å². The summed E-state index contributed by atoms with van der Waals surface area (Å²) in [5.74, 6) is -0.578. The first kappa shape index (κ1) is 13.9. The molecule has 6 heteroatoms. The number of hydrogen-bond acceptors (Lipinski definition) is 3. The third kappa shape index (κ3) is 3.74. The topological polar surface area (TPSA) is 59.3 Å². The molecule has 1 aromatic heterocycles. The highest BCUT2D eigenvalue weighted by atomic mass is 19.1. The van der Waals surface area contributed by atoms with Crippen LogP contribution in [0.2, 0.25) is 0 Å². The van der Waals surface area contributed by atoms with Crippen LogP contribution < -0.4 is 5.43 Å². The second kappa shape index (κ2) is 6.10. The van der Waals surface area contributed by atoms with E-state index in [0.29, 0.717) is 5.56 Å². The fourth-order valence-corrected chi connectivity index (χ4v) is 1.73. The summed E-state index contributed by atoms with van der Waals surface area (Å²) in [4.78, 5) is 11.7. The SMILES string of the molecule is Cc1cc(C)n(CC(=O)NN=Cc2ccc(F)cc2)n1. The Morgan fingerprint density at radius 2 is 2.10 bits per heavy atom. The molecule has 0 fully saturated rings. The van der Waals surface area contributed by atoms with Crippen molar-refractivity contribution < 1.29 is 9.18 Å². The Morgan fingerprint density at radius 3 is 2.70 bits per heavy atom. The number of benzene rings is 1. The molecule has 1 amide bonds. The van der Waals surface area contributed by atoms with E-state index in [1.54, 1.807) is 16.8 Å². The molecule has 0 spiro atoms. The summed E-state index contributed by atoms with van der Waals surface area (Å²) < 4.78 is 14.3. The zero-order valence-electron chi connectivity index (χ0n) is 11.3. The lowest BCUT2D eigenvalue weighted by Crippen LogP contribution is -2.24. The third-order valence-corrected chi connectivity index (χ3v) is 2.67. The predicted octanol–water partition coefficient (Wildman–Crippen LogP) is 1.79. The van der Waals surface area contributed by atoms with Crippen LogP contribution in [-0.4, -0.2) is 21.9 Å². The monoisotopic (exact) mass is 274 g/mol. The van der Waals surface area contributed by atoms with Gasteiger partial charge in [-0.15, -0.1) is 0 Å². The van der Waals surface area contributed by atoms with Crippen LogP contribution in [0.25, 0.3) is 0 Å². The van der Waals surface area contributed by atoms with E-state index in [1.165, 1.54) is 18.3 Å². The molecule has 0 atom stereocenters. The van der Waals surface area contributed by atoms with Gasteiger partial charge >= 0.3 is 0 Å². The Balaban J connectivity index is 1.89. The molecule has 0 saturated heterocycles. The van der Waals surface area contributed by atoms with Crippen molar-refractivity contribution in [2.75, 3.05) is 0 Å². The molecule has 5 nitrogen and oxygen atoms in total. The zero-order chi connectivity index (χ0) is 14.5. The van der Waals surface area contributed by atoms with Crippen molar-refractivity contribution in [3.8, 4) is 0 Å². The van der Waals surface area contributed by atoms with Crippen LogP contribution in [-0.2, 0) is 11.3 Å². The summed E-state index contributed by atoms with van der Waals surface area (Å²) in [6.45, 7) is 3.86. The van der Waals surface area contributed by atoms with Gasteiger partial charge in [-0.05, 0) is 37.6 Å². The van der Waals surface area contributed by atoms with Crippen molar-refractivity contribution in [1.29, 1.82) is 0 Å². The van der Waals surface area contributed by atoms with Crippen molar-refractivity contribution in [3.63, 3.8) is 0 Å². The van der Waals surface area contributed by atoms with Gasteiger partial charge in [0.1, 0.15) is 12.4 Å². The minimum absolute atomic E-state index is 0.112. The third-order valence-electron chi connectivity index (χ3n) is 2.67. The van der Waals surface area contributed by atoms with Gasteiger partial charge in [0, 0.05) is 5.69 Å². The number of nitrogens with one attached hydrogen (secondary N) is 1. The van der Waals surface area contributed by atoms with E-state index >= 15 is 0 Å². The maximum absolute atomic E-state index is 12.7. The molecular formula is C14H15FN4O. The smallest absolute Gasteiger partial charge is 0.261 e. The normalized spacial score (nSPS) is 10.9. The van der Waals surface area contributed by atoms with Gasteiger partial charge in [-0.3, -0.25) is 9.48 Å². The number of rotatable bonds is 4. The number of hydrazone groups is 1. The van der Waals surface area contributed by atoms with E-state index in [2.05, 4.69) is 15.6 Å². The van der Waals surface area contributed by atoms with Gasteiger partial charge < -0.3 is 0 Å². The number of carbonyl (C=O) groups excluding carboxylic acids is 1. The van der Waals surface area contributed by atoms with Crippen LogP contribution in [0.1, 0.15) is 17.0 Å². The molecule has 20 heavy (non-hydrogen) atoms. The molecule has 0 saturated carbocycles. The predicted molar refractivity (Wildman–Crippen MR) is 73.8 cm³/mol. The highest BCUT2D eigenvalue weighted by molar-refractivity contribution is 5.82. The maximum atomic E-state index is 12.7. The van der Waals surface area contributed by atoms with E-state index in [-0.39, 0.29) is 18.3 Å². The summed E-state index contributed by atoms with van der Waals surface area (Å²) in [5, 5.41) is 8.00. The number of aromatic nitrogens is 2. The van der Waals surface area contributed by atoms with E-state index < -0.39 is 0 Å². The highest BCUT2D eigenvalue weighted by Gasteiger charge is 2.05. The molecule has 0 aliphatic heterocycles. The van der Waals surface area contributed by atoms with Gasteiger partial charge in [-0.2, -0.15) is 10.2 Å². The first-order valence-electron chi connectivity index (χ1n) is 6.13. The molecule has 2 aromatic rings. The van der Waals surface area contributed by atoms with Gasteiger partial charge in [-0.1, -0.05) is 12.1 Å². The van der Waals surface area contributed by atoms with Gasteiger partial charge in [0.05, 0.1) is 11.9 Å². The average Bonchev–Trinajstić information content (AvgIpc) is 2.70. The lowest BCUT2D eigenvalue weighted by Gasteiger charge is -2.02. The molecule has 0 radical (unpaired) electrons. The minimum Gasteiger partial charge on any atom is -0.271 e. The lowest BCUT2D eigenvalue weighted by atomic mass is 10.2. The first-order valence-corrected chi connectivity index (χ1v) is 6.13. The van der Waals surface area contributed by atoms with Crippen molar-refractivity contribution in [1.82, 2.24) is 15.2 Å². The molecule has 1 aromatic carbocycles. The van der Waals surface area contributed by atoms with Crippen LogP contribution in [0, 0.1) is 19.7 Å². The van der Waals surface area contributed by atoms with Gasteiger partial charge in [0.25, 0.3) is 5.91 Å². The second-order valence-corrected chi connectivity index (χ2v) is 4.43. The fraction of sp³-hybridized carbons (Fsp3) is 0.214. The largest absolute Gasteiger partial charge is 0.271 e. The number of aryl methyl sites for hydroxylation is 2. The highest BCUT2D eigenvalue weighted by Crippen LogP contribution is 2.01. The Kier molecular flexibility index (Phi) is 4.24. The number of amides is 1. The Bertz CT molecular complexity index is 631. The maximum Gasteiger partial charge on any atom is 0.261 e.